The average molecular weight is 392 g/mol. The lowest BCUT2D eigenvalue weighted by Crippen LogP contribution is -2.47. The van der Waals surface area contributed by atoms with Crippen molar-refractivity contribution >= 4 is 17.6 Å². The van der Waals surface area contributed by atoms with Crippen molar-refractivity contribution in [3.63, 3.8) is 0 Å². The van der Waals surface area contributed by atoms with Crippen molar-refractivity contribution in [3.05, 3.63) is 23.8 Å². The lowest BCUT2D eigenvalue weighted by Gasteiger charge is -2.37. The molecule has 0 unspecified atom stereocenters. The third-order valence-corrected chi connectivity index (χ3v) is 5.25. The van der Waals surface area contributed by atoms with Gasteiger partial charge in [0.2, 0.25) is 0 Å². The first-order valence-corrected chi connectivity index (χ1v) is 10.3. The largest absolute Gasteiger partial charge is 0.493 e. The van der Waals surface area contributed by atoms with Crippen molar-refractivity contribution in [1.82, 2.24) is 0 Å². The Morgan fingerprint density at radius 1 is 1.29 bits per heavy atom. The van der Waals surface area contributed by atoms with E-state index in [1.807, 2.05) is 0 Å². The maximum atomic E-state index is 13.0. The van der Waals surface area contributed by atoms with Gasteiger partial charge < -0.3 is 19.5 Å². The topological polar surface area (TPSA) is 73.9 Å². The summed E-state index contributed by atoms with van der Waals surface area (Å²) in [6, 6.07) is 5.07. The van der Waals surface area contributed by atoms with Crippen LogP contribution in [0.3, 0.4) is 0 Å². The second-order valence-corrected chi connectivity index (χ2v) is 7.49. The smallest absolute Gasteiger partial charge is 0.341 e. The number of esters is 1. The van der Waals surface area contributed by atoms with Crippen LogP contribution in [0.4, 0.5) is 5.69 Å². The number of benzene rings is 1. The molecule has 1 saturated carbocycles. The monoisotopic (exact) mass is 391 g/mol. The van der Waals surface area contributed by atoms with Crippen LogP contribution in [0.1, 0.15) is 69.7 Å². The van der Waals surface area contributed by atoms with E-state index in [0.717, 1.165) is 25.7 Å². The minimum Gasteiger partial charge on any atom is -0.493 e. The second kappa shape index (κ2) is 10.5. The fourth-order valence-electron chi connectivity index (χ4n) is 3.66. The fourth-order valence-corrected chi connectivity index (χ4v) is 3.66. The molecule has 0 saturated heterocycles. The summed E-state index contributed by atoms with van der Waals surface area (Å²) in [7, 11) is 1.59. The quantitative estimate of drug-likeness (QED) is 0.493. The van der Waals surface area contributed by atoms with Crippen molar-refractivity contribution in [2.45, 2.75) is 64.9 Å². The molecule has 0 aromatic heterocycles. The third-order valence-electron chi connectivity index (χ3n) is 5.25. The molecule has 0 radical (unpaired) electrons. The number of ether oxygens (including phenoxy) is 3. The number of hydrogen-bond acceptors (Lipinski definition) is 5. The molecular formula is C22H33NO5. The minimum absolute atomic E-state index is 0.170. The normalized spacial score (nSPS) is 21.8. The number of anilines is 1. The van der Waals surface area contributed by atoms with Gasteiger partial charge >= 0.3 is 5.97 Å². The van der Waals surface area contributed by atoms with Gasteiger partial charge in [-0.1, -0.05) is 26.7 Å². The van der Waals surface area contributed by atoms with Gasteiger partial charge in [-0.05, 0) is 56.7 Å². The summed E-state index contributed by atoms with van der Waals surface area (Å²) < 4.78 is 16.5. The molecule has 0 aliphatic heterocycles. The maximum Gasteiger partial charge on any atom is 0.341 e. The van der Waals surface area contributed by atoms with Crippen molar-refractivity contribution in [1.29, 1.82) is 0 Å². The van der Waals surface area contributed by atoms with Gasteiger partial charge in [0.1, 0.15) is 16.9 Å². The van der Waals surface area contributed by atoms with E-state index < -0.39 is 11.6 Å². The molecule has 1 aromatic rings. The van der Waals surface area contributed by atoms with E-state index in [0.29, 0.717) is 42.4 Å². The van der Waals surface area contributed by atoms with Gasteiger partial charge in [-0.25, -0.2) is 4.79 Å². The van der Waals surface area contributed by atoms with E-state index in [-0.39, 0.29) is 12.5 Å². The Morgan fingerprint density at radius 2 is 2.07 bits per heavy atom. The summed E-state index contributed by atoms with van der Waals surface area (Å²) in [5, 5.41) is 2.93. The Balaban J connectivity index is 2.21. The SMILES string of the molecule is CCCCOc1ccc(NC(=O)[C@@]2(OC)CCC[C@@H](C)C2)cc1C(=O)OCC. The number of unbranched alkanes of at least 4 members (excludes halogenated alkanes) is 1. The van der Waals surface area contributed by atoms with Gasteiger partial charge in [0.15, 0.2) is 0 Å². The number of carbonyl (C=O) groups excluding carboxylic acids is 2. The summed E-state index contributed by atoms with van der Waals surface area (Å²) in [5.74, 6) is 0.273. The van der Waals surface area contributed by atoms with Crippen LogP contribution in [0.5, 0.6) is 5.75 Å². The number of methoxy groups -OCH3 is 1. The summed E-state index contributed by atoms with van der Waals surface area (Å²) in [5.41, 5.74) is 0.0303. The average Bonchev–Trinajstić information content (AvgIpc) is 2.69. The number of hydrogen-bond donors (Lipinski definition) is 1. The second-order valence-electron chi connectivity index (χ2n) is 7.49. The number of carbonyl (C=O) groups is 2. The summed E-state index contributed by atoms with van der Waals surface area (Å²) in [6.45, 7) is 6.77. The van der Waals surface area contributed by atoms with Crippen LogP contribution < -0.4 is 10.1 Å². The molecule has 0 spiro atoms. The summed E-state index contributed by atoms with van der Waals surface area (Å²) in [6.07, 6.45) is 5.35. The Kier molecular flexibility index (Phi) is 8.30. The van der Waals surface area contributed by atoms with Crippen molar-refractivity contribution < 1.29 is 23.8 Å². The highest BCUT2D eigenvalue weighted by molar-refractivity contribution is 5.99. The highest BCUT2D eigenvalue weighted by atomic mass is 16.5. The Morgan fingerprint density at radius 3 is 2.71 bits per heavy atom. The first kappa shape index (κ1) is 22.2. The van der Waals surface area contributed by atoms with E-state index in [4.69, 9.17) is 14.2 Å². The van der Waals surface area contributed by atoms with E-state index in [1.54, 1.807) is 32.2 Å². The highest BCUT2D eigenvalue weighted by Crippen LogP contribution is 2.36. The summed E-state index contributed by atoms with van der Waals surface area (Å²) in [4.78, 5) is 25.3. The molecule has 1 N–H and O–H groups in total. The van der Waals surface area contributed by atoms with E-state index >= 15 is 0 Å². The molecule has 2 rings (SSSR count). The molecule has 1 aromatic carbocycles. The van der Waals surface area contributed by atoms with Crippen molar-refractivity contribution in [2.75, 3.05) is 25.6 Å². The molecule has 156 valence electrons. The van der Waals surface area contributed by atoms with Gasteiger partial charge in [-0.3, -0.25) is 4.79 Å². The van der Waals surface area contributed by atoms with Crippen LogP contribution in [0.2, 0.25) is 0 Å². The number of amides is 1. The third kappa shape index (κ3) is 5.47. The van der Waals surface area contributed by atoms with Crippen LogP contribution in [-0.2, 0) is 14.3 Å². The zero-order valence-electron chi connectivity index (χ0n) is 17.5. The molecule has 1 amide bonds. The predicted octanol–water partition coefficient (Wildman–Crippen LogP) is 4.58. The first-order valence-electron chi connectivity index (χ1n) is 10.3. The molecular weight excluding hydrogens is 358 g/mol. The maximum absolute atomic E-state index is 13.0. The van der Waals surface area contributed by atoms with E-state index in [2.05, 4.69) is 19.2 Å². The molecule has 1 aliphatic carbocycles. The Bertz CT molecular complexity index is 675. The predicted molar refractivity (Wildman–Crippen MR) is 109 cm³/mol. The lowest BCUT2D eigenvalue weighted by atomic mass is 9.78. The molecule has 2 atom stereocenters. The Labute approximate surface area is 167 Å². The molecule has 0 bridgehead atoms. The zero-order chi connectivity index (χ0) is 20.6. The van der Waals surface area contributed by atoms with Gasteiger partial charge in [-0.2, -0.15) is 0 Å². The van der Waals surface area contributed by atoms with Crippen LogP contribution in [0, 0.1) is 5.92 Å². The van der Waals surface area contributed by atoms with E-state index in [1.165, 1.54) is 0 Å². The van der Waals surface area contributed by atoms with Crippen molar-refractivity contribution in [2.24, 2.45) is 5.92 Å². The number of rotatable bonds is 9. The first-order chi connectivity index (χ1) is 13.5. The van der Waals surface area contributed by atoms with Crippen molar-refractivity contribution in [3.8, 4) is 5.75 Å². The fraction of sp³-hybridized carbons (Fsp3) is 0.636. The van der Waals surface area contributed by atoms with Gasteiger partial charge in [-0.15, -0.1) is 0 Å². The molecule has 6 heteroatoms. The van der Waals surface area contributed by atoms with Crippen LogP contribution in [0.25, 0.3) is 0 Å². The molecule has 1 aliphatic rings. The lowest BCUT2D eigenvalue weighted by molar-refractivity contribution is -0.143. The van der Waals surface area contributed by atoms with Gasteiger partial charge in [0.25, 0.3) is 5.91 Å². The minimum atomic E-state index is -0.821. The van der Waals surface area contributed by atoms with Crippen LogP contribution in [0.15, 0.2) is 18.2 Å². The molecule has 28 heavy (non-hydrogen) atoms. The van der Waals surface area contributed by atoms with Crippen LogP contribution >= 0.6 is 0 Å². The number of nitrogens with one attached hydrogen (secondary N) is 1. The standard InChI is InChI=1S/C22H33NO5/c1-5-7-13-28-19-11-10-17(14-18(19)20(24)27-6-2)23-21(25)22(26-4)12-8-9-16(3)15-22/h10-11,14,16H,5-9,12-13,15H2,1-4H3,(H,23,25)/t16-,22-/m1/s1. The zero-order valence-corrected chi connectivity index (χ0v) is 17.5. The molecule has 0 heterocycles. The van der Waals surface area contributed by atoms with Crippen LogP contribution in [-0.4, -0.2) is 37.8 Å². The van der Waals surface area contributed by atoms with Gasteiger partial charge in [0, 0.05) is 12.8 Å². The van der Waals surface area contributed by atoms with E-state index in [9.17, 15) is 9.59 Å². The molecule has 1 fully saturated rings. The Hall–Kier alpha value is -2.08. The summed E-state index contributed by atoms with van der Waals surface area (Å²) >= 11 is 0. The highest BCUT2D eigenvalue weighted by Gasteiger charge is 2.42. The molecule has 6 nitrogen and oxygen atoms in total. The van der Waals surface area contributed by atoms with Gasteiger partial charge in [0.05, 0.1) is 13.2 Å².